The lowest BCUT2D eigenvalue weighted by molar-refractivity contribution is -0.132. The Balaban J connectivity index is 1.32. The summed E-state index contributed by atoms with van der Waals surface area (Å²) in [5, 5.41) is 6.22. The molecule has 1 spiro atoms. The Hall–Kier alpha value is -2.13. The van der Waals surface area contributed by atoms with E-state index in [9.17, 15) is 9.59 Å². The molecule has 0 aliphatic carbocycles. The molecule has 0 aromatic carbocycles. The zero-order chi connectivity index (χ0) is 18.1. The first kappa shape index (κ1) is 17.3. The largest absolute Gasteiger partial charge is 0.444 e. The van der Waals surface area contributed by atoms with Crippen molar-refractivity contribution in [3.8, 4) is 0 Å². The number of rotatable bonds is 3. The van der Waals surface area contributed by atoms with Crippen LogP contribution in [0.5, 0.6) is 0 Å². The number of nitrogens with zero attached hydrogens (tertiary/aromatic N) is 2. The summed E-state index contributed by atoms with van der Waals surface area (Å²) in [6, 6.07) is 3.20. The molecule has 2 aliphatic rings. The Morgan fingerprint density at radius 3 is 2.88 bits per heavy atom. The Bertz CT molecular complexity index is 822. The third-order valence-electron chi connectivity index (χ3n) is 5.18. The average molecular weight is 422 g/mol. The number of carbonyl (C=O) groups is 2. The van der Waals surface area contributed by atoms with Crippen molar-refractivity contribution in [2.45, 2.75) is 24.8 Å². The number of hydrogen-bond donors (Lipinski definition) is 3. The fraction of sp³-hybridized carbons (Fsp3) is 0.471. The summed E-state index contributed by atoms with van der Waals surface area (Å²) in [6.45, 7) is 2.16. The number of piperidine rings is 1. The van der Waals surface area contributed by atoms with E-state index in [1.807, 2.05) is 0 Å². The smallest absolute Gasteiger partial charge is 0.287 e. The highest BCUT2D eigenvalue weighted by molar-refractivity contribution is 9.10. The maximum atomic E-state index is 12.4. The van der Waals surface area contributed by atoms with Gasteiger partial charge in [0.2, 0.25) is 5.91 Å². The second-order valence-electron chi connectivity index (χ2n) is 6.66. The third-order valence-corrected chi connectivity index (χ3v) is 5.60. The molecule has 2 amide bonds. The molecule has 0 bridgehead atoms. The zero-order valence-electron chi connectivity index (χ0n) is 14.2. The topological polar surface area (TPSA) is 103 Å². The van der Waals surface area contributed by atoms with Crippen molar-refractivity contribution in [1.82, 2.24) is 25.5 Å². The molecule has 26 heavy (non-hydrogen) atoms. The standard InChI is InChI=1S/C17H20BrN5O3/c18-13-2-1-12(26-13)16(25)19-9-14(24)23-7-4-17(5-8-23)15-11(3-6-22-17)20-10-21-15/h1-2,10,22H,3-9H2,(H,19,25)(H,20,21). The van der Waals surface area contributed by atoms with Crippen LogP contribution >= 0.6 is 15.9 Å². The summed E-state index contributed by atoms with van der Waals surface area (Å²) in [6.07, 6.45) is 4.33. The van der Waals surface area contributed by atoms with Gasteiger partial charge in [-0.05, 0) is 40.9 Å². The predicted molar refractivity (Wildman–Crippen MR) is 96.5 cm³/mol. The molecule has 138 valence electrons. The van der Waals surface area contributed by atoms with Gasteiger partial charge in [0.25, 0.3) is 5.91 Å². The Morgan fingerprint density at radius 1 is 1.35 bits per heavy atom. The number of carbonyl (C=O) groups excluding carboxylic acids is 2. The molecule has 1 saturated heterocycles. The molecule has 0 saturated carbocycles. The molecule has 4 heterocycles. The summed E-state index contributed by atoms with van der Waals surface area (Å²) >= 11 is 3.15. The first-order chi connectivity index (χ1) is 12.6. The lowest BCUT2D eigenvalue weighted by Gasteiger charge is -2.44. The molecule has 1 fully saturated rings. The number of aromatic amines is 1. The molecule has 9 heteroatoms. The van der Waals surface area contributed by atoms with Crippen LogP contribution in [0.25, 0.3) is 0 Å². The van der Waals surface area contributed by atoms with Crippen LogP contribution in [0.2, 0.25) is 0 Å². The maximum Gasteiger partial charge on any atom is 0.287 e. The summed E-state index contributed by atoms with van der Waals surface area (Å²) < 4.78 is 5.67. The van der Waals surface area contributed by atoms with Crippen molar-refractivity contribution in [2.24, 2.45) is 0 Å². The molecule has 4 rings (SSSR count). The summed E-state index contributed by atoms with van der Waals surface area (Å²) in [5.74, 6) is -0.302. The van der Waals surface area contributed by atoms with E-state index in [0.717, 1.165) is 31.5 Å². The Kier molecular flexibility index (Phi) is 4.58. The van der Waals surface area contributed by atoms with Crippen LogP contribution < -0.4 is 10.6 Å². The minimum Gasteiger partial charge on any atom is -0.444 e. The van der Waals surface area contributed by atoms with E-state index in [2.05, 4.69) is 36.5 Å². The van der Waals surface area contributed by atoms with E-state index < -0.39 is 5.91 Å². The van der Waals surface area contributed by atoms with Crippen LogP contribution in [0.3, 0.4) is 0 Å². The van der Waals surface area contributed by atoms with Crippen molar-refractivity contribution < 1.29 is 14.0 Å². The van der Waals surface area contributed by atoms with Gasteiger partial charge < -0.3 is 24.9 Å². The van der Waals surface area contributed by atoms with Crippen LogP contribution in [0.1, 0.15) is 34.8 Å². The summed E-state index contributed by atoms with van der Waals surface area (Å²) in [5.41, 5.74) is 2.14. The second-order valence-corrected chi connectivity index (χ2v) is 7.44. The molecular weight excluding hydrogens is 402 g/mol. The molecule has 0 unspecified atom stereocenters. The van der Waals surface area contributed by atoms with E-state index in [1.165, 1.54) is 5.69 Å². The van der Waals surface area contributed by atoms with E-state index >= 15 is 0 Å². The number of H-pyrrole nitrogens is 1. The monoisotopic (exact) mass is 421 g/mol. The third kappa shape index (κ3) is 3.16. The van der Waals surface area contributed by atoms with Gasteiger partial charge in [-0.15, -0.1) is 0 Å². The lowest BCUT2D eigenvalue weighted by Crippen LogP contribution is -2.56. The van der Waals surface area contributed by atoms with E-state index in [0.29, 0.717) is 17.8 Å². The number of aromatic nitrogens is 2. The SMILES string of the molecule is O=C(NCC(=O)N1CCC2(CC1)NCCc1[nH]cnc12)c1ccc(Br)o1. The van der Waals surface area contributed by atoms with Crippen molar-refractivity contribution >= 4 is 27.7 Å². The predicted octanol–water partition coefficient (Wildman–Crippen LogP) is 1.16. The normalized spacial score (nSPS) is 18.6. The van der Waals surface area contributed by atoms with E-state index in [4.69, 9.17) is 4.42 Å². The van der Waals surface area contributed by atoms with Gasteiger partial charge in [-0.3, -0.25) is 9.59 Å². The van der Waals surface area contributed by atoms with Crippen LogP contribution in [0.15, 0.2) is 27.5 Å². The van der Waals surface area contributed by atoms with Crippen molar-refractivity contribution in [3.05, 3.63) is 40.3 Å². The molecule has 8 nitrogen and oxygen atoms in total. The molecule has 2 aliphatic heterocycles. The van der Waals surface area contributed by atoms with Crippen LogP contribution in [-0.4, -0.2) is 52.9 Å². The van der Waals surface area contributed by atoms with Crippen molar-refractivity contribution in [1.29, 1.82) is 0 Å². The maximum absolute atomic E-state index is 12.4. The average Bonchev–Trinajstić information content (AvgIpc) is 3.30. The first-order valence-corrected chi connectivity index (χ1v) is 9.46. The van der Waals surface area contributed by atoms with E-state index in [1.54, 1.807) is 23.4 Å². The molecular formula is C17H20BrN5O3. The van der Waals surface area contributed by atoms with Crippen LogP contribution in [-0.2, 0) is 16.8 Å². The van der Waals surface area contributed by atoms with Crippen molar-refractivity contribution in [2.75, 3.05) is 26.2 Å². The minimum absolute atomic E-state index is 0.0365. The number of likely N-dealkylation sites (tertiary alicyclic amines) is 1. The summed E-state index contributed by atoms with van der Waals surface area (Å²) in [7, 11) is 0. The molecule has 3 N–H and O–H groups in total. The number of fused-ring (bicyclic) bond motifs is 2. The molecule has 0 atom stereocenters. The molecule has 0 radical (unpaired) electrons. The number of halogens is 1. The van der Waals surface area contributed by atoms with Gasteiger partial charge in [-0.25, -0.2) is 4.98 Å². The number of furan rings is 1. The number of amides is 2. The van der Waals surface area contributed by atoms with Gasteiger partial charge >= 0.3 is 0 Å². The quantitative estimate of drug-likeness (QED) is 0.689. The lowest BCUT2D eigenvalue weighted by atomic mass is 9.80. The van der Waals surface area contributed by atoms with Gasteiger partial charge in [0.15, 0.2) is 10.4 Å². The van der Waals surface area contributed by atoms with Gasteiger partial charge in [0, 0.05) is 31.7 Å². The fourth-order valence-electron chi connectivity index (χ4n) is 3.78. The highest BCUT2D eigenvalue weighted by Gasteiger charge is 2.41. The van der Waals surface area contributed by atoms with Crippen LogP contribution in [0.4, 0.5) is 0 Å². The second kappa shape index (κ2) is 6.88. The van der Waals surface area contributed by atoms with Gasteiger partial charge in [0.1, 0.15) is 0 Å². The molecule has 2 aromatic rings. The van der Waals surface area contributed by atoms with Gasteiger partial charge in [-0.1, -0.05) is 0 Å². The van der Waals surface area contributed by atoms with Gasteiger partial charge in [0.05, 0.1) is 24.1 Å². The number of hydrogen-bond acceptors (Lipinski definition) is 5. The zero-order valence-corrected chi connectivity index (χ0v) is 15.8. The fourth-order valence-corrected chi connectivity index (χ4v) is 4.08. The van der Waals surface area contributed by atoms with Crippen LogP contribution in [0, 0.1) is 0 Å². The van der Waals surface area contributed by atoms with Gasteiger partial charge in [-0.2, -0.15) is 0 Å². The number of nitrogens with one attached hydrogen (secondary N) is 3. The molecule has 2 aromatic heterocycles. The highest BCUT2D eigenvalue weighted by Crippen LogP contribution is 2.35. The Morgan fingerprint density at radius 2 is 2.15 bits per heavy atom. The first-order valence-electron chi connectivity index (χ1n) is 8.66. The summed E-state index contributed by atoms with van der Waals surface area (Å²) in [4.78, 5) is 33.9. The Labute approximate surface area is 158 Å². The van der Waals surface area contributed by atoms with E-state index in [-0.39, 0.29) is 23.8 Å². The highest BCUT2D eigenvalue weighted by atomic mass is 79.9. The number of imidazole rings is 1. The van der Waals surface area contributed by atoms with Crippen molar-refractivity contribution in [3.63, 3.8) is 0 Å². The minimum atomic E-state index is -0.396.